The second-order valence-corrected chi connectivity index (χ2v) is 4.76. The van der Waals surface area contributed by atoms with Gasteiger partial charge in [-0.05, 0) is 13.8 Å². The largest absolute Gasteiger partial charge is 0.391 e. The van der Waals surface area contributed by atoms with Gasteiger partial charge in [0.05, 0.1) is 11.5 Å². The number of likely N-dealkylation sites (N-methyl/N-ethyl adjacent to an activating group) is 1. The van der Waals surface area contributed by atoms with Crippen molar-refractivity contribution in [3.63, 3.8) is 0 Å². The van der Waals surface area contributed by atoms with Gasteiger partial charge in [0.15, 0.2) is 5.13 Å². The number of hydrogen-bond acceptors (Lipinski definition) is 4. The number of aliphatic hydroxyl groups excluding tert-OH is 1. The van der Waals surface area contributed by atoms with E-state index >= 15 is 0 Å². The number of thiazole rings is 1. The lowest BCUT2D eigenvalue weighted by atomic mass is 10.3. The molecule has 1 rings (SSSR count). The van der Waals surface area contributed by atoms with E-state index in [4.69, 9.17) is 16.7 Å². The monoisotopic (exact) mass is 246 g/mol. The predicted molar refractivity (Wildman–Crippen MR) is 65.7 cm³/mol. The van der Waals surface area contributed by atoms with Crippen LogP contribution < -0.4 is 4.90 Å². The van der Waals surface area contributed by atoms with Crippen LogP contribution in [0.3, 0.4) is 0 Å². The predicted octanol–water partition coefficient (Wildman–Crippen LogP) is 2.69. The van der Waals surface area contributed by atoms with Crippen molar-refractivity contribution >= 4 is 28.1 Å². The average molecular weight is 247 g/mol. The Balaban J connectivity index is 2.87. The van der Waals surface area contributed by atoms with Gasteiger partial charge in [0.2, 0.25) is 0 Å². The summed E-state index contributed by atoms with van der Waals surface area (Å²) in [6, 6.07) is 0. The fraction of sp³-hybridized carbons (Fsp3) is 0.500. The van der Waals surface area contributed by atoms with Crippen LogP contribution in [-0.2, 0) is 6.61 Å². The van der Waals surface area contributed by atoms with Crippen molar-refractivity contribution in [2.75, 3.05) is 18.0 Å². The Morgan fingerprint density at radius 2 is 2.33 bits per heavy atom. The molecule has 1 N–H and O–H groups in total. The molecule has 1 heterocycles. The van der Waals surface area contributed by atoms with Gasteiger partial charge in [0, 0.05) is 13.1 Å². The van der Waals surface area contributed by atoms with E-state index in [1.54, 1.807) is 0 Å². The molecule has 0 saturated carbocycles. The van der Waals surface area contributed by atoms with E-state index in [9.17, 15) is 0 Å². The van der Waals surface area contributed by atoms with Crippen LogP contribution in [0, 0.1) is 0 Å². The standard InChI is InChI=1S/C10H15ClN2OS/c1-4-13(5-7(2)3)10-12-9(11)8(6-14)15-10/h14H,2,4-6H2,1,3H3. The van der Waals surface area contributed by atoms with Gasteiger partial charge in [-0.1, -0.05) is 35.1 Å². The van der Waals surface area contributed by atoms with Gasteiger partial charge in [-0.25, -0.2) is 4.98 Å². The Morgan fingerprint density at radius 3 is 2.73 bits per heavy atom. The molecular weight excluding hydrogens is 232 g/mol. The van der Waals surface area contributed by atoms with Crippen molar-refractivity contribution in [3.05, 3.63) is 22.2 Å². The molecule has 0 atom stereocenters. The molecule has 1 aromatic heterocycles. The zero-order valence-corrected chi connectivity index (χ0v) is 10.5. The van der Waals surface area contributed by atoms with E-state index in [0.717, 1.165) is 23.8 Å². The van der Waals surface area contributed by atoms with Gasteiger partial charge in [0.1, 0.15) is 5.15 Å². The van der Waals surface area contributed by atoms with Crippen molar-refractivity contribution in [3.8, 4) is 0 Å². The van der Waals surface area contributed by atoms with Crippen molar-refractivity contribution in [2.45, 2.75) is 20.5 Å². The summed E-state index contributed by atoms with van der Waals surface area (Å²) in [5.74, 6) is 0. The van der Waals surface area contributed by atoms with Gasteiger partial charge in [-0.15, -0.1) is 0 Å². The minimum atomic E-state index is -0.0544. The topological polar surface area (TPSA) is 36.4 Å². The summed E-state index contributed by atoms with van der Waals surface area (Å²) in [5, 5.41) is 10.3. The van der Waals surface area contributed by atoms with Gasteiger partial charge in [0.25, 0.3) is 0 Å². The Hall–Kier alpha value is -0.580. The molecule has 15 heavy (non-hydrogen) atoms. The highest BCUT2D eigenvalue weighted by Gasteiger charge is 2.13. The molecule has 0 amide bonds. The zero-order chi connectivity index (χ0) is 11.4. The summed E-state index contributed by atoms with van der Waals surface area (Å²) >= 11 is 7.30. The smallest absolute Gasteiger partial charge is 0.187 e. The van der Waals surface area contributed by atoms with Crippen molar-refractivity contribution < 1.29 is 5.11 Å². The summed E-state index contributed by atoms with van der Waals surface area (Å²) in [6.07, 6.45) is 0. The SMILES string of the molecule is C=C(C)CN(CC)c1nc(Cl)c(CO)s1. The van der Waals surface area contributed by atoms with Crippen LogP contribution in [0.2, 0.25) is 5.15 Å². The number of aliphatic hydroxyl groups is 1. The van der Waals surface area contributed by atoms with Crippen LogP contribution in [0.5, 0.6) is 0 Å². The van der Waals surface area contributed by atoms with E-state index in [2.05, 4.69) is 23.4 Å². The lowest BCUT2D eigenvalue weighted by Crippen LogP contribution is -2.24. The first-order valence-corrected chi connectivity index (χ1v) is 5.93. The molecule has 84 valence electrons. The van der Waals surface area contributed by atoms with E-state index < -0.39 is 0 Å². The Kier molecular flexibility index (Phi) is 4.57. The minimum Gasteiger partial charge on any atom is -0.391 e. The molecule has 3 nitrogen and oxygen atoms in total. The summed E-state index contributed by atoms with van der Waals surface area (Å²) in [5.41, 5.74) is 1.08. The third-order valence-electron chi connectivity index (χ3n) is 1.90. The summed E-state index contributed by atoms with van der Waals surface area (Å²) in [7, 11) is 0. The maximum absolute atomic E-state index is 9.02. The van der Waals surface area contributed by atoms with Gasteiger partial charge >= 0.3 is 0 Å². The maximum Gasteiger partial charge on any atom is 0.187 e. The van der Waals surface area contributed by atoms with E-state index in [0.29, 0.717) is 10.0 Å². The van der Waals surface area contributed by atoms with Crippen molar-refractivity contribution in [1.29, 1.82) is 0 Å². The molecule has 0 spiro atoms. The molecule has 1 aromatic rings. The molecule has 0 aliphatic carbocycles. The lowest BCUT2D eigenvalue weighted by Gasteiger charge is -2.19. The van der Waals surface area contributed by atoms with Crippen LogP contribution in [0.15, 0.2) is 12.2 Å². The molecule has 0 radical (unpaired) electrons. The highest BCUT2D eigenvalue weighted by Crippen LogP contribution is 2.29. The second-order valence-electron chi connectivity index (χ2n) is 3.34. The van der Waals surface area contributed by atoms with Gasteiger partial charge in [-0.2, -0.15) is 0 Å². The Labute approximate surface area is 99.0 Å². The highest BCUT2D eigenvalue weighted by molar-refractivity contribution is 7.16. The molecule has 0 aliphatic rings. The molecule has 0 unspecified atom stereocenters. The molecule has 0 saturated heterocycles. The lowest BCUT2D eigenvalue weighted by molar-refractivity contribution is 0.285. The third-order valence-corrected chi connectivity index (χ3v) is 3.42. The molecule has 0 fully saturated rings. The van der Waals surface area contributed by atoms with Crippen molar-refractivity contribution in [1.82, 2.24) is 4.98 Å². The quantitative estimate of drug-likeness (QED) is 0.812. The number of aromatic nitrogens is 1. The van der Waals surface area contributed by atoms with E-state index in [-0.39, 0.29) is 6.61 Å². The normalized spacial score (nSPS) is 10.4. The average Bonchev–Trinajstić information content (AvgIpc) is 2.55. The van der Waals surface area contributed by atoms with E-state index in [1.165, 1.54) is 11.3 Å². The van der Waals surface area contributed by atoms with Gasteiger partial charge in [-0.3, -0.25) is 0 Å². The number of anilines is 1. The van der Waals surface area contributed by atoms with Crippen LogP contribution in [-0.4, -0.2) is 23.2 Å². The van der Waals surface area contributed by atoms with Crippen molar-refractivity contribution in [2.24, 2.45) is 0 Å². The number of nitrogens with zero attached hydrogens (tertiary/aromatic N) is 2. The molecule has 0 aliphatic heterocycles. The highest BCUT2D eigenvalue weighted by atomic mass is 35.5. The minimum absolute atomic E-state index is 0.0544. The fourth-order valence-corrected chi connectivity index (χ4v) is 2.37. The molecular formula is C10H15ClN2OS. The molecule has 5 heteroatoms. The first kappa shape index (κ1) is 12.5. The first-order valence-electron chi connectivity index (χ1n) is 4.73. The van der Waals surface area contributed by atoms with Crippen LogP contribution >= 0.6 is 22.9 Å². The second kappa shape index (κ2) is 5.49. The van der Waals surface area contributed by atoms with Crippen LogP contribution in [0.4, 0.5) is 5.13 Å². The van der Waals surface area contributed by atoms with Gasteiger partial charge < -0.3 is 10.0 Å². The number of hydrogen-bond donors (Lipinski definition) is 1. The Bertz CT molecular complexity index is 351. The van der Waals surface area contributed by atoms with Crippen LogP contribution in [0.25, 0.3) is 0 Å². The van der Waals surface area contributed by atoms with Crippen LogP contribution in [0.1, 0.15) is 18.7 Å². The fourth-order valence-electron chi connectivity index (χ4n) is 1.19. The zero-order valence-electron chi connectivity index (χ0n) is 8.96. The Morgan fingerprint density at radius 1 is 1.67 bits per heavy atom. The summed E-state index contributed by atoms with van der Waals surface area (Å²) in [6.45, 7) is 9.46. The maximum atomic E-state index is 9.02. The molecule has 0 aromatic carbocycles. The number of rotatable bonds is 5. The van der Waals surface area contributed by atoms with E-state index in [1.807, 2.05) is 6.92 Å². The summed E-state index contributed by atoms with van der Waals surface area (Å²) in [4.78, 5) is 7.01. The first-order chi connectivity index (χ1) is 7.08. The summed E-state index contributed by atoms with van der Waals surface area (Å²) < 4.78 is 0. The molecule has 0 bridgehead atoms. The number of halogens is 1. The third kappa shape index (κ3) is 3.19.